The van der Waals surface area contributed by atoms with Crippen LogP contribution in [0.1, 0.15) is 11.3 Å². The second-order valence-corrected chi connectivity index (χ2v) is 5.49. The van der Waals surface area contributed by atoms with Gasteiger partial charge in [0.05, 0.1) is 18.5 Å². The van der Waals surface area contributed by atoms with Crippen LogP contribution in [0.15, 0.2) is 55.1 Å². The summed E-state index contributed by atoms with van der Waals surface area (Å²) in [4.78, 5) is 24.5. The van der Waals surface area contributed by atoms with Gasteiger partial charge in [0.1, 0.15) is 23.7 Å². The normalized spacial score (nSPS) is 10.5. The molecule has 0 fully saturated rings. The number of benzene rings is 1. The number of halogens is 1. The number of aromatic nitrogens is 3. The molecule has 0 radical (unpaired) electrons. The number of Topliss-reactive ketones (excluding diaryl/α,β-unsaturated/α-hetero) is 1. The Labute approximate surface area is 144 Å². The third-order valence-corrected chi connectivity index (χ3v) is 3.66. The maximum absolute atomic E-state index is 13.6. The average Bonchev–Trinajstić information content (AvgIpc) is 2.62. The van der Waals surface area contributed by atoms with Gasteiger partial charge in [-0.15, -0.1) is 0 Å². The lowest BCUT2D eigenvalue weighted by Gasteiger charge is -2.09. The van der Waals surface area contributed by atoms with Crippen LogP contribution < -0.4 is 4.74 Å². The molecule has 0 saturated heterocycles. The molecule has 0 N–H and O–H groups in total. The molecule has 25 heavy (non-hydrogen) atoms. The number of methoxy groups -OCH3 is 1. The van der Waals surface area contributed by atoms with Gasteiger partial charge < -0.3 is 4.74 Å². The smallest absolute Gasteiger partial charge is 0.143 e. The molecule has 0 unspecified atom stereocenters. The summed E-state index contributed by atoms with van der Waals surface area (Å²) >= 11 is 0. The van der Waals surface area contributed by atoms with Crippen molar-refractivity contribution >= 4 is 5.78 Å². The molecule has 1 aromatic carbocycles. The van der Waals surface area contributed by atoms with Gasteiger partial charge >= 0.3 is 0 Å². The highest BCUT2D eigenvalue weighted by Gasteiger charge is 2.12. The second-order valence-electron chi connectivity index (χ2n) is 5.49. The first-order valence-corrected chi connectivity index (χ1v) is 7.71. The van der Waals surface area contributed by atoms with Gasteiger partial charge in [0, 0.05) is 30.8 Å². The summed E-state index contributed by atoms with van der Waals surface area (Å²) in [7, 11) is 1.51. The molecule has 0 atom stereocenters. The number of pyridine rings is 1. The van der Waals surface area contributed by atoms with E-state index in [0.717, 1.165) is 5.56 Å². The van der Waals surface area contributed by atoms with E-state index in [1.165, 1.54) is 25.6 Å². The van der Waals surface area contributed by atoms with Gasteiger partial charge in [0.2, 0.25) is 0 Å². The molecule has 0 aliphatic rings. The first-order valence-electron chi connectivity index (χ1n) is 7.71. The molecule has 2 aromatic heterocycles. The van der Waals surface area contributed by atoms with Crippen LogP contribution in [-0.2, 0) is 17.6 Å². The largest absolute Gasteiger partial charge is 0.496 e. The van der Waals surface area contributed by atoms with Crippen molar-refractivity contribution in [2.24, 2.45) is 0 Å². The van der Waals surface area contributed by atoms with Crippen molar-refractivity contribution in [3.05, 3.63) is 72.2 Å². The summed E-state index contributed by atoms with van der Waals surface area (Å²) in [6.45, 7) is 0. The number of carbonyl (C=O) groups is 1. The summed E-state index contributed by atoms with van der Waals surface area (Å²) in [5.74, 6) is 0.139. The molecule has 0 saturated carbocycles. The topological polar surface area (TPSA) is 65.0 Å². The first-order chi connectivity index (χ1) is 12.2. The predicted octanol–water partition coefficient (Wildman–Crippen LogP) is 3.04. The predicted molar refractivity (Wildman–Crippen MR) is 90.6 cm³/mol. The van der Waals surface area contributed by atoms with Crippen molar-refractivity contribution in [1.82, 2.24) is 15.0 Å². The highest BCUT2D eigenvalue weighted by Crippen LogP contribution is 2.29. The van der Waals surface area contributed by atoms with Crippen molar-refractivity contribution in [2.45, 2.75) is 12.8 Å². The Bertz CT molecular complexity index is 885. The summed E-state index contributed by atoms with van der Waals surface area (Å²) < 4.78 is 18.8. The molecule has 0 aliphatic carbocycles. The number of carbonyl (C=O) groups excluding carboxylic acids is 1. The third-order valence-electron chi connectivity index (χ3n) is 3.66. The number of hydrogen-bond donors (Lipinski definition) is 0. The van der Waals surface area contributed by atoms with Gasteiger partial charge in [0.15, 0.2) is 0 Å². The van der Waals surface area contributed by atoms with Crippen molar-refractivity contribution < 1.29 is 13.9 Å². The van der Waals surface area contributed by atoms with Crippen LogP contribution in [0.5, 0.6) is 5.75 Å². The maximum Gasteiger partial charge on any atom is 0.143 e. The molecule has 0 bridgehead atoms. The zero-order chi connectivity index (χ0) is 17.6. The molecular weight excluding hydrogens is 321 g/mol. The Morgan fingerprint density at radius 2 is 2.04 bits per heavy atom. The van der Waals surface area contributed by atoms with Crippen LogP contribution in [0, 0.1) is 5.82 Å². The number of ether oxygens (including phenoxy) is 1. The Balaban J connectivity index is 1.80. The minimum Gasteiger partial charge on any atom is -0.496 e. The lowest BCUT2D eigenvalue weighted by atomic mass is 10.1. The van der Waals surface area contributed by atoms with E-state index in [-0.39, 0.29) is 24.4 Å². The molecule has 0 aliphatic heterocycles. The third kappa shape index (κ3) is 4.23. The highest BCUT2D eigenvalue weighted by molar-refractivity contribution is 5.83. The quantitative estimate of drug-likeness (QED) is 0.692. The Hall–Kier alpha value is -3.15. The lowest BCUT2D eigenvalue weighted by Crippen LogP contribution is -2.08. The molecule has 126 valence electrons. The van der Waals surface area contributed by atoms with Gasteiger partial charge in [-0.3, -0.25) is 9.78 Å². The van der Waals surface area contributed by atoms with Crippen LogP contribution in [0.4, 0.5) is 4.39 Å². The van der Waals surface area contributed by atoms with Gasteiger partial charge in [-0.25, -0.2) is 14.4 Å². The zero-order valence-electron chi connectivity index (χ0n) is 13.6. The van der Waals surface area contributed by atoms with E-state index in [2.05, 4.69) is 15.0 Å². The Morgan fingerprint density at radius 1 is 1.16 bits per heavy atom. The average molecular weight is 337 g/mol. The van der Waals surface area contributed by atoms with E-state index in [9.17, 15) is 9.18 Å². The minimum absolute atomic E-state index is 0.0175. The van der Waals surface area contributed by atoms with E-state index < -0.39 is 0 Å². The second kappa shape index (κ2) is 7.61. The Morgan fingerprint density at radius 3 is 2.80 bits per heavy atom. The lowest BCUT2D eigenvalue weighted by molar-refractivity contribution is -0.117. The molecule has 0 spiro atoms. The zero-order valence-corrected chi connectivity index (χ0v) is 13.6. The van der Waals surface area contributed by atoms with Crippen LogP contribution in [0.2, 0.25) is 0 Å². The van der Waals surface area contributed by atoms with Crippen molar-refractivity contribution in [1.29, 1.82) is 0 Å². The van der Waals surface area contributed by atoms with Crippen LogP contribution in [0.25, 0.3) is 11.3 Å². The van der Waals surface area contributed by atoms with Crippen LogP contribution >= 0.6 is 0 Å². The van der Waals surface area contributed by atoms with Crippen molar-refractivity contribution in [3.8, 4) is 17.0 Å². The van der Waals surface area contributed by atoms with Crippen molar-refractivity contribution in [3.63, 3.8) is 0 Å². The monoisotopic (exact) mass is 337 g/mol. The summed E-state index contributed by atoms with van der Waals surface area (Å²) in [5, 5.41) is 0. The van der Waals surface area contributed by atoms with Gasteiger partial charge in [-0.1, -0.05) is 6.07 Å². The number of nitrogens with zero attached hydrogens (tertiary/aromatic N) is 3. The molecule has 5 nitrogen and oxygen atoms in total. The van der Waals surface area contributed by atoms with Crippen LogP contribution in [0.3, 0.4) is 0 Å². The van der Waals surface area contributed by atoms with Gasteiger partial charge in [-0.05, 0) is 35.9 Å². The summed E-state index contributed by atoms with van der Waals surface area (Å²) in [6, 6.07) is 9.54. The van der Waals surface area contributed by atoms with Crippen molar-refractivity contribution in [2.75, 3.05) is 7.11 Å². The van der Waals surface area contributed by atoms with E-state index in [1.54, 1.807) is 30.6 Å². The van der Waals surface area contributed by atoms with Gasteiger partial charge in [-0.2, -0.15) is 0 Å². The van der Waals surface area contributed by atoms with E-state index in [0.29, 0.717) is 22.7 Å². The maximum atomic E-state index is 13.6. The first kappa shape index (κ1) is 16.7. The SMILES string of the molecule is COc1ccc(F)cc1-c1cc(CC(=O)Cc2cccnc2)ncn1. The summed E-state index contributed by atoms with van der Waals surface area (Å²) in [5.41, 5.74) is 2.46. The number of ketones is 1. The fourth-order valence-corrected chi connectivity index (χ4v) is 2.52. The van der Waals surface area contributed by atoms with E-state index in [1.807, 2.05) is 6.07 Å². The minimum atomic E-state index is -0.386. The summed E-state index contributed by atoms with van der Waals surface area (Å²) in [6.07, 6.45) is 5.16. The fourth-order valence-electron chi connectivity index (χ4n) is 2.52. The molecule has 3 rings (SSSR count). The number of hydrogen-bond acceptors (Lipinski definition) is 5. The van der Waals surface area contributed by atoms with Crippen LogP contribution in [-0.4, -0.2) is 27.8 Å². The molecule has 2 heterocycles. The fraction of sp³-hybridized carbons (Fsp3) is 0.158. The standard InChI is InChI=1S/C19H16FN3O2/c1-25-19-5-4-14(20)8-17(19)18-10-15(22-12-23-18)9-16(24)7-13-3-2-6-21-11-13/h2-6,8,10-12H,7,9H2,1H3. The van der Waals surface area contributed by atoms with Gasteiger partial charge in [0.25, 0.3) is 0 Å². The van der Waals surface area contributed by atoms with E-state index >= 15 is 0 Å². The number of rotatable bonds is 6. The molecular formula is C19H16FN3O2. The van der Waals surface area contributed by atoms with E-state index in [4.69, 9.17) is 4.74 Å². The Kier molecular flexibility index (Phi) is 5.09. The molecule has 0 amide bonds. The highest BCUT2D eigenvalue weighted by atomic mass is 19.1. The molecule has 6 heteroatoms. The molecule has 3 aromatic rings.